The van der Waals surface area contributed by atoms with Crippen molar-refractivity contribution < 1.29 is 4.74 Å². The summed E-state index contributed by atoms with van der Waals surface area (Å²) in [6.07, 6.45) is 5.00. The fraction of sp³-hybridized carbons (Fsp3) is 0.500. The van der Waals surface area contributed by atoms with Gasteiger partial charge in [-0.3, -0.25) is 9.36 Å². The van der Waals surface area contributed by atoms with Crippen molar-refractivity contribution in [2.45, 2.75) is 32.7 Å². The van der Waals surface area contributed by atoms with E-state index in [2.05, 4.69) is 4.98 Å². The van der Waals surface area contributed by atoms with E-state index in [-0.39, 0.29) is 5.56 Å². The van der Waals surface area contributed by atoms with Crippen molar-refractivity contribution in [1.29, 1.82) is 0 Å². The monoisotopic (exact) mass is 272 g/mol. The quantitative estimate of drug-likeness (QED) is 0.862. The van der Waals surface area contributed by atoms with Crippen molar-refractivity contribution in [3.8, 4) is 0 Å². The lowest BCUT2D eigenvalue weighted by Crippen LogP contribution is -2.24. The zero-order valence-corrected chi connectivity index (χ0v) is 11.8. The molecule has 0 saturated carbocycles. The minimum absolute atomic E-state index is 0.0652. The molecule has 1 unspecified atom stereocenters. The second kappa shape index (κ2) is 5.75. The number of fused-ring (bicyclic) bond motifs is 1. The van der Waals surface area contributed by atoms with Crippen molar-refractivity contribution in [2.75, 3.05) is 13.2 Å². The fourth-order valence-corrected chi connectivity index (χ4v) is 2.85. The average molecular weight is 272 g/mol. The van der Waals surface area contributed by atoms with Crippen LogP contribution in [0.5, 0.6) is 0 Å². The topological polar surface area (TPSA) is 44.1 Å². The van der Waals surface area contributed by atoms with Gasteiger partial charge in [0.2, 0.25) is 0 Å². The van der Waals surface area contributed by atoms with E-state index in [0.717, 1.165) is 43.7 Å². The maximum absolute atomic E-state index is 12.4. The largest absolute Gasteiger partial charge is 0.381 e. The first kappa shape index (κ1) is 13.3. The Morgan fingerprint density at radius 3 is 3.15 bits per heavy atom. The summed E-state index contributed by atoms with van der Waals surface area (Å²) in [6.45, 7) is 4.42. The summed E-state index contributed by atoms with van der Waals surface area (Å²) in [4.78, 5) is 16.9. The Bertz CT molecular complexity index is 657. The molecule has 0 aliphatic carbocycles. The lowest BCUT2D eigenvalue weighted by Gasteiger charge is -2.22. The van der Waals surface area contributed by atoms with Crippen LogP contribution < -0.4 is 5.56 Å². The van der Waals surface area contributed by atoms with Crippen molar-refractivity contribution in [1.82, 2.24) is 9.55 Å². The molecule has 1 aliphatic rings. The van der Waals surface area contributed by atoms with Crippen LogP contribution in [0.4, 0.5) is 0 Å². The minimum atomic E-state index is 0.0652. The Morgan fingerprint density at radius 1 is 1.45 bits per heavy atom. The maximum atomic E-state index is 12.4. The van der Waals surface area contributed by atoms with Gasteiger partial charge in [0.1, 0.15) is 0 Å². The van der Waals surface area contributed by atoms with Gasteiger partial charge in [0.05, 0.1) is 17.2 Å². The SMILES string of the molecule is Cc1cccc2c(=O)n(CCC3CCCOC3)cnc12. The number of hydrogen-bond acceptors (Lipinski definition) is 3. The molecule has 2 aromatic rings. The summed E-state index contributed by atoms with van der Waals surface area (Å²) in [5, 5.41) is 0.715. The predicted molar refractivity (Wildman–Crippen MR) is 78.9 cm³/mol. The Morgan fingerprint density at radius 2 is 2.35 bits per heavy atom. The molecule has 4 nitrogen and oxygen atoms in total. The number of aryl methyl sites for hydroxylation is 2. The highest BCUT2D eigenvalue weighted by Crippen LogP contribution is 2.18. The molecule has 0 amide bonds. The molecule has 2 heterocycles. The molecule has 1 aliphatic heterocycles. The molecule has 0 bridgehead atoms. The zero-order valence-electron chi connectivity index (χ0n) is 11.8. The Hall–Kier alpha value is -1.68. The van der Waals surface area contributed by atoms with Crippen LogP contribution in [0.3, 0.4) is 0 Å². The Balaban J connectivity index is 1.81. The average Bonchev–Trinajstić information content (AvgIpc) is 2.48. The second-order valence-electron chi connectivity index (χ2n) is 5.59. The minimum Gasteiger partial charge on any atom is -0.381 e. The molecule has 106 valence electrons. The van der Waals surface area contributed by atoms with Crippen LogP contribution in [0.15, 0.2) is 29.3 Å². The first-order valence-corrected chi connectivity index (χ1v) is 7.28. The summed E-state index contributed by atoms with van der Waals surface area (Å²) in [5.41, 5.74) is 1.93. The van der Waals surface area contributed by atoms with Crippen LogP contribution in [0, 0.1) is 12.8 Å². The Kier molecular flexibility index (Phi) is 3.83. The number of ether oxygens (including phenoxy) is 1. The van der Waals surface area contributed by atoms with Crippen molar-refractivity contribution in [2.24, 2.45) is 5.92 Å². The van der Waals surface area contributed by atoms with Gasteiger partial charge in [-0.15, -0.1) is 0 Å². The van der Waals surface area contributed by atoms with Gasteiger partial charge >= 0.3 is 0 Å². The van der Waals surface area contributed by atoms with Crippen molar-refractivity contribution in [3.63, 3.8) is 0 Å². The lowest BCUT2D eigenvalue weighted by atomic mass is 9.99. The highest BCUT2D eigenvalue weighted by Gasteiger charge is 2.14. The van der Waals surface area contributed by atoms with Crippen LogP contribution in [-0.2, 0) is 11.3 Å². The first-order valence-electron chi connectivity index (χ1n) is 7.28. The molecule has 1 saturated heterocycles. The molecule has 1 aromatic carbocycles. The third-order valence-electron chi connectivity index (χ3n) is 4.09. The van der Waals surface area contributed by atoms with Crippen molar-refractivity contribution in [3.05, 3.63) is 40.4 Å². The summed E-state index contributed by atoms with van der Waals surface area (Å²) in [7, 11) is 0. The van der Waals surface area contributed by atoms with Gasteiger partial charge < -0.3 is 4.74 Å². The third kappa shape index (κ3) is 2.61. The van der Waals surface area contributed by atoms with Gasteiger partial charge in [0, 0.05) is 19.8 Å². The standard InChI is InChI=1S/C16H20N2O2/c1-12-4-2-6-14-15(12)17-11-18(16(14)19)8-7-13-5-3-9-20-10-13/h2,4,6,11,13H,3,5,7-10H2,1H3. The highest BCUT2D eigenvalue weighted by molar-refractivity contribution is 5.80. The number of benzene rings is 1. The third-order valence-corrected chi connectivity index (χ3v) is 4.09. The molecule has 0 spiro atoms. The second-order valence-corrected chi connectivity index (χ2v) is 5.59. The van der Waals surface area contributed by atoms with Gasteiger partial charge in [0.15, 0.2) is 0 Å². The van der Waals surface area contributed by atoms with Crippen LogP contribution in [-0.4, -0.2) is 22.8 Å². The maximum Gasteiger partial charge on any atom is 0.261 e. The van der Waals surface area contributed by atoms with E-state index < -0.39 is 0 Å². The number of para-hydroxylation sites is 1. The smallest absolute Gasteiger partial charge is 0.261 e. The van der Waals surface area contributed by atoms with E-state index in [9.17, 15) is 4.79 Å². The predicted octanol–water partition coefficient (Wildman–Crippen LogP) is 2.52. The Labute approximate surface area is 118 Å². The normalized spacial score (nSPS) is 19.4. The number of nitrogens with zero attached hydrogens (tertiary/aromatic N) is 2. The molecule has 1 atom stereocenters. The van der Waals surface area contributed by atoms with Gasteiger partial charge in [-0.05, 0) is 43.7 Å². The van der Waals surface area contributed by atoms with Crippen LogP contribution in [0.2, 0.25) is 0 Å². The molecular weight excluding hydrogens is 252 g/mol. The summed E-state index contributed by atoms with van der Waals surface area (Å²) in [5.74, 6) is 0.573. The first-order chi connectivity index (χ1) is 9.75. The van der Waals surface area contributed by atoms with E-state index in [0.29, 0.717) is 11.3 Å². The highest BCUT2D eigenvalue weighted by atomic mass is 16.5. The van der Waals surface area contributed by atoms with Crippen LogP contribution in [0.25, 0.3) is 10.9 Å². The lowest BCUT2D eigenvalue weighted by molar-refractivity contribution is 0.0499. The van der Waals surface area contributed by atoms with Gasteiger partial charge in [-0.2, -0.15) is 0 Å². The van der Waals surface area contributed by atoms with Gasteiger partial charge in [0.25, 0.3) is 5.56 Å². The molecule has 1 fully saturated rings. The number of aromatic nitrogens is 2. The number of hydrogen-bond donors (Lipinski definition) is 0. The van der Waals surface area contributed by atoms with Gasteiger partial charge in [-0.25, -0.2) is 4.98 Å². The van der Waals surface area contributed by atoms with E-state index >= 15 is 0 Å². The molecule has 1 aromatic heterocycles. The molecule has 0 radical (unpaired) electrons. The summed E-state index contributed by atoms with van der Waals surface area (Å²) in [6, 6.07) is 5.76. The summed E-state index contributed by atoms with van der Waals surface area (Å²) < 4.78 is 7.22. The van der Waals surface area contributed by atoms with E-state index in [4.69, 9.17) is 4.74 Å². The molecule has 0 N–H and O–H groups in total. The van der Waals surface area contributed by atoms with Crippen LogP contribution in [0.1, 0.15) is 24.8 Å². The molecule has 3 rings (SSSR count). The van der Waals surface area contributed by atoms with E-state index in [1.54, 1.807) is 10.9 Å². The van der Waals surface area contributed by atoms with E-state index in [1.165, 1.54) is 6.42 Å². The zero-order chi connectivity index (χ0) is 13.9. The van der Waals surface area contributed by atoms with Gasteiger partial charge in [-0.1, -0.05) is 12.1 Å². The van der Waals surface area contributed by atoms with Crippen LogP contribution >= 0.6 is 0 Å². The molecule has 20 heavy (non-hydrogen) atoms. The van der Waals surface area contributed by atoms with E-state index in [1.807, 2.05) is 25.1 Å². The fourth-order valence-electron chi connectivity index (χ4n) is 2.85. The summed E-state index contributed by atoms with van der Waals surface area (Å²) >= 11 is 0. The number of rotatable bonds is 3. The molecule has 4 heteroatoms. The van der Waals surface area contributed by atoms with Crippen molar-refractivity contribution >= 4 is 10.9 Å². The molecular formula is C16H20N2O2.